The molecule has 3 heteroatoms. The first kappa shape index (κ1) is 17.9. The molecule has 0 spiro atoms. The minimum atomic E-state index is -0.0121. The van der Waals surface area contributed by atoms with Gasteiger partial charge in [0.2, 0.25) is 0 Å². The van der Waals surface area contributed by atoms with Gasteiger partial charge < -0.3 is 9.84 Å². The number of ether oxygens (including phenoxy) is 1. The van der Waals surface area contributed by atoms with Crippen molar-refractivity contribution in [1.29, 1.82) is 0 Å². The standard InChI is InChI=1S/C20H25BrO2/c1-12-7-17(8-13(2)14(12)3)23-18-10-16(20(4,5)6)9-15(11-21)19(18)22/h7-10,22H,11H2,1-6H3. The van der Waals surface area contributed by atoms with Gasteiger partial charge in [0.05, 0.1) is 0 Å². The van der Waals surface area contributed by atoms with E-state index in [2.05, 4.69) is 57.5 Å². The number of aryl methyl sites for hydroxylation is 2. The summed E-state index contributed by atoms with van der Waals surface area (Å²) in [6, 6.07) is 7.99. The second-order valence-electron chi connectivity index (χ2n) is 7.15. The van der Waals surface area contributed by atoms with Crippen molar-refractivity contribution in [2.24, 2.45) is 0 Å². The molecule has 2 rings (SSSR count). The van der Waals surface area contributed by atoms with Gasteiger partial charge in [0.25, 0.3) is 0 Å². The molecule has 23 heavy (non-hydrogen) atoms. The Morgan fingerprint density at radius 3 is 2.04 bits per heavy atom. The summed E-state index contributed by atoms with van der Waals surface area (Å²) >= 11 is 3.45. The normalized spacial score (nSPS) is 11.6. The van der Waals surface area contributed by atoms with Crippen LogP contribution < -0.4 is 4.74 Å². The zero-order chi connectivity index (χ0) is 17.4. The van der Waals surface area contributed by atoms with Crippen molar-refractivity contribution >= 4 is 15.9 Å². The van der Waals surface area contributed by atoms with E-state index >= 15 is 0 Å². The monoisotopic (exact) mass is 376 g/mol. The highest BCUT2D eigenvalue weighted by Crippen LogP contribution is 2.39. The molecule has 0 unspecified atom stereocenters. The van der Waals surface area contributed by atoms with E-state index in [1.165, 1.54) is 16.7 Å². The Bertz CT molecular complexity index is 704. The van der Waals surface area contributed by atoms with Gasteiger partial charge >= 0.3 is 0 Å². The number of phenols is 1. The van der Waals surface area contributed by atoms with E-state index < -0.39 is 0 Å². The average Bonchev–Trinajstić information content (AvgIpc) is 2.45. The van der Waals surface area contributed by atoms with Gasteiger partial charge in [-0.1, -0.05) is 42.8 Å². The topological polar surface area (TPSA) is 29.5 Å². The molecule has 0 aliphatic rings. The van der Waals surface area contributed by atoms with Crippen LogP contribution in [0, 0.1) is 20.8 Å². The summed E-state index contributed by atoms with van der Waals surface area (Å²) in [6.45, 7) is 12.7. The second kappa shape index (κ2) is 6.56. The fourth-order valence-electron chi connectivity index (χ4n) is 2.46. The average molecular weight is 377 g/mol. The molecule has 0 bridgehead atoms. The van der Waals surface area contributed by atoms with Gasteiger partial charge in [0.15, 0.2) is 11.5 Å². The molecule has 0 atom stereocenters. The molecule has 0 aliphatic heterocycles. The van der Waals surface area contributed by atoms with Gasteiger partial charge in [-0.15, -0.1) is 0 Å². The highest BCUT2D eigenvalue weighted by atomic mass is 79.9. The molecule has 0 saturated carbocycles. The molecule has 0 amide bonds. The van der Waals surface area contributed by atoms with Crippen LogP contribution in [0.2, 0.25) is 0 Å². The van der Waals surface area contributed by atoms with E-state index in [4.69, 9.17) is 4.74 Å². The van der Waals surface area contributed by atoms with Crippen molar-refractivity contribution in [1.82, 2.24) is 0 Å². The van der Waals surface area contributed by atoms with Crippen LogP contribution in [-0.2, 0) is 10.7 Å². The van der Waals surface area contributed by atoms with Crippen LogP contribution in [0.25, 0.3) is 0 Å². The fourth-order valence-corrected chi connectivity index (χ4v) is 2.89. The molecule has 1 N–H and O–H groups in total. The zero-order valence-electron chi connectivity index (χ0n) is 14.7. The summed E-state index contributed by atoms with van der Waals surface area (Å²) in [4.78, 5) is 0. The van der Waals surface area contributed by atoms with E-state index in [9.17, 15) is 5.11 Å². The van der Waals surface area contributed by atoms with Gasteiger partial charge in [0.1, 0.15) is 5.75 Å². The molecule has 0 aromatic heterocycles. The Balaban J connectivity index is 2.51. The Labute approximate surface area is 147 Å². The van der Waals surface area contributed by atoms with E-state index in [-0.39, 0.29) is 11.2 Å². The Kier molecular flexibility index (Phi) is 5.10. The van der Waals surface area contributed by atoms with Crippen molar-refractivity contribution in [2.45, 2.75) is 52.3 Å². The quantitative estimate of drug-likeness (QED) is 0.636. The predicted molar refractivity (Wildman–Crippen MR) is 100 cm³/mol. The summed E-state index contributed by atoms with van der Waals surface area (Å²) in [7, 11) is 0. The Morgan fingerprint density at radius 1 is 1.00 bits per heavy atom. The van der Waals surface area contributed by atoms with Gasteiger partial charge in [-0.2, -0.15) is 0 Å². The molecule has 2 aromatic carbocycles. The third kappa shape index (κ3) is 3.89. The van der Waals surface area contributed by atoms with Crippen molar-refractivity contribution in [3.05, 3.63) is 52.1 Å². The molecule has 2 nitrogen and oxygen atoms in total. The molecule has 0 fully saturated rings. The lowest BCUT2D eigenvalue weighted by Crippen LogP contribution is -2.11. The number of aromatic hydroxyl groups is 1. The number of hydrogen-bond donors (Lipinski definition) is 1. The largest absolute Gasteiger partial charge is 0.504 e. The predicted octanol–water partition coefficient (Wildman–Crippen LogP) is 6.30. The summed E-state index contributed by atoms with van der Waals surface area (Å²) < 4.78 is 6.03. The van der Waals surface area contributed by atoms with Crippen LogP contribution in [0.3, 0.4) is 0 Å². The summed E-state index contributed by atoms with van der Waals surface area (Å²) in [6.07, 6.45) is 0. The van der Waals surface area contributed by atoms with E-state index in [1.807, 2.05) is 24.3 Å². The lowest BCUT2D eigenvalue weighted by Gasteiger charge is -2.22. The molecule has 2 aromatic rings. The van der Waals surface area contributed by atoms with Crippen LogP contribution in [0.15, 0.2) is 24.3 Å². The van der Waals surface area contributed by atoms with E-state index in [0.29, 0.717) is 11.1 Å². The number of benzene rings is 2. The van der Waals surface area contributed by atoms with E-state index in [0.717, 1.165) is 16.9 Å². The minimum Gasteiger partial charge on any atom is -0.504 e. The number of rotatable bonds is 3. The number of alkyl halides is 1. The zero-order valence-corrected chi connectivity index (χ0v) is 16.3. The summed E-state index contributed by atoms with van der Waals surface area (Å²) in [5, 5.41) is 11.1. The molecule has 0 saturated heterocycles. The van der Waals surface area contributed by atoms with Crippen LogP contribution >= 0.6 is 15.9 Å². The maximum atomic E-state index is 10.5. The third-order valence-corrected chi connectivity index (χ3v) is 4.90. The Morgan fingerprint density at radius 2 is 1.57 bits per heavy atom. The number of phenolic OH excluding ortho intramolecular Hbond substituents is 1. The van der Waals surface area contributed by atoms with Crippen molar-refractivity contribution < 1.29 is 9.84 Å². The van der Waals surface area contributed by atoms with Gasteiger partial charge in [-0.25, -0.2) is 0 Å². The second-order valence-corrected chi connectivity index (χ2v) is 7.71. The molecule has 0 radical (unpaired) electrons. The fraction of sp³-hybridized carbons (Fsp3) is 0.400. The molecular weight excluding hydrogens is 352 g/mol. The van der Waals surface area contributed by atoms with Gasteiger partial charge in [-0.3, -0.25) is 0 Å². The maximum Gasteiger partial charge on any atom is 0.169 e. The van der Waals surface area contributed by atoms with Crippen molar-refractivity contribution in [2.75, 3.05) is 0 Å². The lowest BCUT2D eigenvalue weighted by molar-refractivity contribution is 0.405. The third-order valence-electron chi connectivity index (χ3n) is 4.29. The first-order chi connectivity index (χ1) is 10.6. The van der Waals surface area contributed by atoms with Gasteiger partial charge in [-0.05, 0) is 66.6 Å². The van der Waals surface area contributed by atoms with Crippen LogP contribution in [0.5, 0.6) is 17.2 Å². The highest BCUT2D eigenvalue weighted by Gasteiger charge is 2.19. The first-order valence-electron chi connectivity index (χ1n) is 7.81. The molecule has 0 heterocycles. The first-order valence-corrected chi connectivity index (χ1v) is 8.93. The molecule has 124 valence electrons. The lowest BCUT2D eigenvalue weighted by atomic mass is 9.86. The smallest absolute Gasteiger partial charge is 0.169 e. The number of hydrogen-bond acceptors (Lipinski definition) is 2. The van der Waals surface area contributed by atoms with Crippen LogP contribution in [0.4, 0.5) is 0 Å². The highest BCUT2D eigenvalue weighted by molar-refractivity contribution is 9.08. The number of halogens is 1. The minimum absolute atomic E-state index is 0.0121. The van der Waals surface area contributed by atoms with E-state index in [1.54, 1.807) is 0 Å². The van der Waals surface area contributed by atoms with Crippen LogP contribution in [-0.4, -0.2) is 5.11 Å². The molecular formula is C20H25BrO2. The SMILES string of the molecule is Cc1cc(Oc2cc(C(C)(C)C)cc(CBr)c2O)cc(C)c1C. The summed E-state index contributed by atoms with van der Waals surface area (Å²) in [5.74, 6) is 1.47. The van der Waals surface area contributed by atoms with Crippen LogP contribution in [0.1, 0.15) is 48.6 Å². The summed E-state index contributed by atoms with van der Waals surface area (Å²) in [5.41, 5.74) is 5.61. The maximum absolute atomic E-state index is 10.5. The van der Waals surface area contributed by atoms with Gasteiger partial charge in [0, 0.05) is 10.9 Å². The Hall–Kier alpha value is -1.48. The molecule has 0 aliphatic carbocycles. The van der Waals surface area contributed by atoms with Crippen molar-refractivity contribution in [3.8, 4) is 17.2 Å². The van der Waals surface area contributed by atoms with Crippen molar-refractivity contribution in [3.63, 3.8) is 0 Å².